The second-order valence-corrected chi connectivity index (χ2v) is 7.78. The quantitative estimate of drug-likeness (QED) is 0.355. The van der Waals surface area contributed by atoms with Gasteiger partial charge in [-0.3, -0.25) is 9.59 Å². The van der Waals surface area contributed by atoms with E-state index in [0.29, 0.717) is 30.5 Å². The first-order valence-corrected chi connectivity index (χ1v) is 10.4. The molecular weight excluding hydrogens is 404 g/mol. The first-order chi connectivity index (χ1) is 15.3. The molecule has 0 radical (unpaired) electrons. The molecule has 0 saturated carbocycles. The van der Waals surface area contributed by atoms with Crippen molar-refractivity contribution >= 4 is 23.3 Å². The van der Waals surface area contributed by atoms with Crippen molar-refractivity contribution in [2.45, 2.75) is 32.2 Å². The van der Waals surface area contributed by atoms with Gasteiger partial charge in [-0.25, -0.2) is 4.79 Å². The zero-order valence-corrected chi connectivity index (χ0v) is 17.9. The third-order valence-electron chi connectivity index (χ3n) is 5.26. The topological polar surface area (TPSA) is 109 Å². The van der Waals surface area contributed by atoms with Crippen molar-refractivity contribution < 1.29 is 19.5 Å². The van der Waals surface area contributed by atoms with Gasteiger partial charge in [-0.05, 0) is 61.1 Å². The summed E-state index contributed by atoms with van der Waals surface area (Å²) in [5, 5.41) is 11.9. The van der Waals surface area contributed by atoms with E-state index in [0.717, 1.165) is 16.7 Å². The van der Waals surface area contributed by atoms with Crippen LogP contribution >= 0.6 is 0 Å². The number of nitrogens with two attached hydrogens (primary N) is 1. The van der Waals surface area contributed by atoms with Crippen LogP contribution in [0.5, 0.6) is 0 Å². The maximum Gasteiger partial charge on any atom is 0.377 e. The first kappa shape index (κ1) is 22.9. The lowest BCUT2D eigenvalue weighted by Gasteiger charge is -2.16. The molecule has 32 heavy (non-hydrogen) atoms. The molecule has 0 aliphatic heterocycles. The number of aliphatic carboxylic acids is 1. The molecule has 164 valence electrons. The van der Waals surface area contributed by atoms with Crippen LogP contribution in [-0.4, -0.2) is 28.8 Å². The van der Waals surface area contributed by atoms with E-state index in [1.807, 2.05) is 61.5 Å². The minimum atomic E-state index is -1.52. The highest BCUT2D eigenvalue weighted by molar-refractivity contribution is 6.39. The molecule has 3 aromatic rings. The molecule has 3 aromatic carbocycles. The molecule has 0 bridgehead atoms. The van der Waals surface area contributed by atoms with Gasteiger partial charge in [-0.1, -0.05) is 60.2 Å². The molecular formula is C26H26N2O4. The molecule has 1 atom stereocenters. The average Bonchev–Trinajstić information content (AvgIpc) is 2.79. The summed E-state index contributed by atoms with van der Waals surface area (Å²) in [6.07, 6.45) is 1.58. The first-order valence-electron chi connectivity index (χ1n) is 10.4. The summed E-state index contributed by atoms with van der Waals surface area (Å²) in [6, 6.07) is 21.3. The van der Waals surface area contributed by atoms with E-state index in [1.165, 1.54) is 12.1 Å². The third-order valence-corrected chi connectivity index (χ3v) is 5.26. The predicted octanol–water partition coefficient (Wildman–Crippen LogP) is 3.56. The fraction of sp³-hybridized carbons (Fsp3) is 0.192. The number of amides is 1. The van der Waals surface area contributed by atoms with Gasteiger partial charge in [0.15, 0.2) is 0 Å². The number of carboxylic acids is 1. The number of ketones is 1. The zero-order chi connectivity index (χ0) is 23.1. The van der Waals surface area contributed by atoms with Crippen molar-refractivity contribution in [1.29, 1.82) is 0 Å². The lowest BCUT2D eigenvalue weighted by molar-refractivity contribution is -0.131. The van der Waals surface area contributed by atoms with Crippen LogP contribution in [0.1, 0.15) is 32.6 Å². The summed E-state index contributed by atoms with van der Waals surface area (Å²) in [5.74, 6) is -2.85. The Hall–Kier alpha value is -3.77. The number of carbonyl (C=O) groups is 3. The van der Waals surface area contributed by atoms with Gasteiger partial charge >= 0.3 is 5.97 Å². The van der Waals surface area contributed by atoms with Gasteiger partial charge in [-0.2, -0.15) is 0 Å². The van der Waals surface area contributed by atoms with Crippen molar-refractivity contribution in [3.05, 3.63) is 101 Å². The number of hydrogen-bond acceptors (Lipinski definition) is 4. The van der Waals surface area contributed by atoms with E-state index in [-0.39, 0.29) is 11.5 Å². The van der Waals surface area contributed by atoms with Crippen molar-refractivity contribution in [1.82, 2.24) is 0 Å². The Labute approximate surface area is 187 Å². The molecule has 0 aliphatic carbocycles. The van der Waals surface area contributed by atoms with Gasteiger partial charge in [-0.15, -0.1) is 0 Å². The number of Topliss-reactive ketones (excluding diaryl/α,β-unsaturated/α-hetero) is 1. The monoisotopic (exact) mass is 430 g/mol. The molecule has 4 N–H and O–H groups in total. The van der Waals surface area contributed by atoms with Gasteiger partial charge < -0.3 is 16.2 Å². The highest BCUT2D eigenvalue weighted by Gasteiger charge is 2.19. The minimum absolute atomic E-state index is 0.0722. The lowest BCUT2D eigenvalue weighted by atomic mass is 9.98. The van der Waals surface area contributed by atoms with Crippen molar-refractivity contribution in [2.75, 3.05) is 5.32 Å². The van der Waals surface area contributed by atoms with Gasteiger partial charge in [0.2, 0.25) is 5.91 Å². The Kier molecular flexibility index (Phi) is 7.52. The van der Waals surface area contributed by atoms with Gasteiger partial charge in [0, 0.05) is 11.3 Å². The van der Waals surface area contributed by atoms with Crippen LogP contribution < -0.4 is 11.1 Å². The zero-order valence-electron chi connectivity index (χ0n) is 17.9. The van der Waals surface area contributed by atoms with E-state index in [9.17, 15) is 14.4 Å². The second-order valence-electron chi connectivity index (χ2n) is 7.78. The van der Waals surface area contributed by atoms with Crippen molar-refractivity contribution in [3.8, 4) is 0 Å². The smallest absolute Gasteiger partial charge is 0.377 e. The van der Waals surface area contributed by atoms with Crippen LogP contribution in [0.4, 0.5) is 5.69 Å². The fourth-order valence-corrected chi connectivity index (χ4v) is 3.41. The minimum Gasteiger partial charge on any atom is -0.475 e. The Morgan fingerprint density at radius 1 is 0.906 bits per heavy atom. The van der Waals surface area contributed by atoms with E-state index >= 15 is 0 Å². The van der Waals surface area contributed by atoms with Crippen LogP contribution in [0.3, 0.4) is 0 Å². The van der Waals surface area contributed by atoms with E-state index < -0.39 is 17.8 Å². The number of hydrogen-bond donors (Lipinski definition) is 3. The predicted molar refractivity (Wildman–Crippen MR) is 124 cm³/mol. The van der Waals surface area contributed by atoms with Gasteiger partial charge in [0.25, 0.3) is 5.78 Å². The number of carbonyl (C=O) groups excluding carboxylic acids is 2. The normalized spacial score (nSPS) is 11.6. The molecule has 0 heterocycles. The molecule has 0 spiro atoms. The van der Waals surface area contributed by atoms with Crippen LogP contribution in [0.25, 0.3) is 0 Å². The average molecular weight is 431 g/mol. The summed E-state index contributed by atoms with van der Waals surface area (Å²) >= 11 is 0. The Morgan fingerprint density at radius 2 is 1.59 bits per heavy atom. The fourth-order valence-electron chi connectivity index (χ4n) is 3.41. The molecule has 3 rings (SSSR count). The number of carboxylic acid groups (broad SMARTS) is 1. The SMILES string of the molecule is Cc1ccc(CCc2cc(C(=O)C(=O)O)ccc2NC(=O)C(N)Cc2ccccc2)cc1. The summed E-state index contributed by atoms with van der Waals surface area (Å²) < 4.78 is 0. The van der Waals surface area contributed by atoms with Crippen molar-refractivity contribution in [2.24, 2.45) is 5.73 Å². The second kappa shape index (κ2) is 10.5. The molecule has 0 saturated heterocycles. The van der Waals surface area contributed by atoms with Crippen LogP contribution in [0.2, 0.25) is 0 Å². The highest BCUT2D eigenvalue weighted by Crippen LogP contribution is 2.21. The number of anilines is 1. The van der Waals surface area contributed by atoms with Gasteiger partial charge in [0.05, 0.1) is 6.04 Å². The summed E-state index contributed by atoms with van der Waals surface area (Å²) in [7, 11) is 0. The van der Waals surface area contributed by atoms with Crippen molar-refractivity contribution in [3.63, 3.8) is 0 Å². The van der Waals surface area contributed by atoms with Crippen LogP contribution in [0.15, 0.2) is 72.8 Å². The standard InChI is InChI=1S/C26H26N2O4/c1-17-7-9-18(10-8-17)11-12-20-16-21(24(29)26(31)32)13-14-23(20)28-25(30)22(27)15-19-5-3-2-4-6-19/h2-10,13-14,16,22H,11-12,15,27H2,1H3,(H,28,30)(H,31,32). The number of nitrogens with one attached hydrogen (secondary N) is 1. The summed E-state index contributed by atoms with van der Waals surface area (Å²) in [5.41, 5.74) is 10.6. The Bertz CT molecular complexity index is 1110. The lowest BCUT2D eigenvalue weighted by Crippen LogP contribution is -2.37. The largest absolute Gasteiger partial charge is 0.475 e. The molecule has 0 fully saturated rings. The van der Waals surface area contributed by atoms with E-state index in [2.05, 4.69) is 5.32 Å². The number of benzene rings is 3. The maximum atomic E-state index is 12.7. The molecule has 0 aromatic heterocycles. The van der Waals surface area contributed by atoms with E-state index in [1.54, 1.807) is 6.07 Å². The number of aryl methyl sites for hydroxylation is 3. The molecule has 1 amide bonds. The van der Waals surface area contributed by atoms with Crippen LogP contribution in [-0.2, 0) is 28.9 Å². The molecule has 6 nitrogen and oxygen atoms in total. The van der Waals surface area contributed by atoms with Gasteiger partial charge in [0.1, 0.15) is 0 Å². The molecule has 0 aliphatic rings. The number of rotatable bonds is 9. The van der Waals surface area contributed by atoms with E-state index in [4.69, 9.17) is 10.8 Å². The molecule has 6 heteroatoms. The summed E-state index contributed by atoms with van der Waals surface area (Å²) in [6.45, 7) is 2.01. The Morgan fingerprint density at radius 3 is 2.25 bits per heavy atom. The Balaban J connectivity index is 1.79. The molecule has 1 unspecified atom stereocenters. The van der Waals surface area contributed by atoms with Crippen LogP contribution in [0, 0.1) is 6.92 Å². The highest BCUT2D eigenvalue weighted by atomic mass is 16.4. The third kappa shape index (κ3) is 6.12. The maximum absolute atomic E-state index is 12.7. The summed E-state index contributed by atoms with van der Waals surface area (Å²) in [4.78, 5) is 35.8.